The van der Waals surface area contributed by atoms with Crippen LogP contribution in [-0.4, -0.2) is 49.7 Å². The number of nitrogens with zero attached hydrogens (tertiary/aromatic N) is 1. The molecule has 2 rings (SSSR count). The van der Waals surface area contributed by atoms with E-state index in [-0.39, 0.29) is 11.9 Å². The van der Waals surface area contributed by atoms with Crippen LogP contribution in [0.25, 0.3) is 0 Å². The number of carbonyl (C=O) groups excluding carboxylic acids is 1. The number of hydrogen-bond donors (Lipinski definition) is 1. The minimum Gasteiger partial charge on any atom is -0.466 e. The van der Waals surface area contributed by atoms with Crippen molar-refractivity contribution < 1.29 is 9.53 Å². The van der Waals surface area contributed by atoms with Crippen molar-refractivity contribution in [1.29, 1.82) is 0 Å². The molecule has 2 unspecified atom stereocenters. The summed E-state index contributed by atoms with van der Waals surface area (Å²) in [5, 5.41) is 3.67. The molecular formula is C17H32N2O2. The lowest BCUT2D eigenvalue weighted by atomic mass is 9.86. The Morgan fingerprint density at radius 3 is 2.62 bits per heavy atom. The molecule has 0 amide bonds. The molecule has 0 radical (unpaired) electrons. The number of nitrogens with one attached hydrogen (secondary N) is 1. The van der Waals surface area contributed by atoms with Gasteiger partial charge in [0, 0.05) is 19.1 Å². The first-order valence-corrected chi connectivity index (χ1v) is 8.92. The molecule has 0 spiro atoms. The van der Waals surface area contributed by atoms with Gasteiger partial charge in [-0.1, -0.05) is 19.3 Å². The van der Waals surface area contributed by atoms with E-state index in [2.05, 4.69) is 10.2 Å². The monoisotopic (exact) mass is 296 g/mol. The molecule has 0 aromatic heterocycles. The van der Waals surface area contributed by atoms with Crippen molar-refractivity contribution >= 4 is 5.97 Å². The van der Waals surface area contributed by atoms with Gasteiger partial charge in [-0.3, -0.25) is 4.79 Å². The molecular weight excluding hydrogens is 264 g/mol. The van der Waals surface area contributed by atoms with E-state index in [1.54, 1.807) is 0 Å². The van der Waals surface area contributed by atoms with Crippen LogP contribution in [0.5, 0.6) is 0 Å². The molecule has 1 saturated carbocycles. The molecule has 2 fully saturated rings. The molecule has 2 atom stereocenters. The predicted octanol–water partition coefficient (Wildman–Crippen LogP) is 2.57. The molecule has 21 heavy (non-hydrogen) atoms. The zero-order chi connectivity index (χ0) is 14.9. The van der Waals surface area contributed by atoms with E-state index < -0.39 is 0 Å². The van der Waals surface area contributed by atoms with E-state index in [9.17, 15) is 4.79 Å². The summed E-state index contributed by atoms with van der Waals surface area (Å²) in [4.78, 5) is 14.4. The zero-order valence-electron chi connectivity index (χ0n) is 13.6. The smallest absolute Gasteiger partial charge is 0.308 e. The van der Waals surface area contributed by atoms with Crippen molar-refractivity contribution in [1.82, 2.24) is 10.2 Å². The van der Waals surface area contributed by atoms with Crippen LogP contribution in [0.3, 0.4) is 0 Å². The molecule has 1 heterocycles. The van der Waals surface area contributed by atoms with Crippen molar-refractivity contribution in [2.75, 3.05) is 32.8 Å². The number of hydrogen-bond acceptors (Lipinski definition) is 4. The highest BCUT2D eigenvalue weighted by atomic mass is 16.5. The summed E-state index contributed by atoms with van der Waals surface area (Å²) in [5.41, 5.74) is 0. The summed E-state index contributed by atoms with van der Waals surface area (Å²) in [5.74, 6) is 0.130. The maximum absolute atomic E-state index is 11.8. The molecule has 1 aliphatic carbocycles. The number of likely N-dealkylation sites (tertiary alicyclic amines) is 1. The van der Waals surface area contributed by atoms with Crippen molar-refractivity contribution in [3.05, 3.63) is 0 Å². The Balaban J connectivity index is 1.64. The number of rotatable bonds is 6. The number of esters is 1. The topological polar surface area (TPSA) is 41.6 Å². The Kier molecular flexibility index (Phi) is 7.51. The Labute approximate surface area is 129 Å². The van der Waals surface area contributed by atoms with Gasteiger partial charge in [-0.05, 0) is 52.1 Å². The number of carbonyl (C=O) groups is 1. The molecule has 1 N–H and O–H groups in total. The SMILES string of the molecule is CCOC(=O)C1CCCC(NCCN2CCCCCC2)C1. The van der Waals surface area contributed by atoms with Crippen molar-refractivity contribution in [3.8, 4) is 0 Å². The predicted molar refractivity (Wildman–Crippen MR) is 85.3 cm³/mol. The maximum Gasteiger partial charge on any atom is 0.308 e. The zero-order valence-corrected chi connectivity index (χ0v) is 13.6. The maximum atomic E-state index is 11.8. The van der Waals surface area contributed by atoms with Crippen molar-refractivity contribution in [2.45, 2.75) is 64.3 Å². The molecule has 0 bridgehead atoms. The average Bonchev–Trinajstić information content (AvgIpc) is 2.77. The summed E-state index contributed by atoms with van der Waals surface area (Å²) in [7, 11) is 0. The van der Waals surface area contributed by atoms with Gasteiger partial charge in [0.05, 0.1) is 12.5 Å². The van der Waals surface area contributed by atoms with Crippen LogP contribution in [-0.2, 0) is 9.53 Å². The second-order valence-electron chi connectivity index (χ2n) is 6.52. The molecule has 4 heteroatoms. The van der Waals surface area contributed by atoms with Gasteiger partial charge in [0.25, 0.3) is 0 Å². The van der Waals surface area contributed by atoms with Crippen LogP contribution >= 0.6 is 0 Å². The lowest BCUT2D eigenvalue weighted by molar-refractivity contribution is -0.149. The normalized spacial score (nSPS) is 28.0. The van der Waals surface area contributed by atoms with Gasteiger partial charge in [0.2, 0.25) is 0 Å². The molecule has 0 aromatic rings. The third-order valence-corrected chi connectivity index (χ3v) is 4.85. The molecule has 1 aliphatic heterocycles. The minimum absolute atomic E-state index is 0.0107. The van der Waals surface area contributed by atoms with E-state index in [1.165, 1.54) is 45.2 Å². The van der Waals surface area contributed by atoms with Crippen LogP contribution in [0.15, 0.2) is 0 Å². The standard InChI is InChI=1S/C17H32N2O2/c1-2-21-17(20)15-8-7-9-16(14-15)18-10-13-19-11-5-3-4-6-12-19/h15-16,18H,2-14H2,1H3. The van der Waals surface area contributed by atoms with E-state index in [4.69, 9.17) is 4.74 Å². The minimum atomic E-state index is 0.0107. The molecule has 122 valence electrons. The summed E-state index contributed by atoms with van der Waals surface area (Å²) in [6.07, 6.45) is 9.81. The summed E-state index contributed by atoms with van der Waals surface area (Å²) in [6, 6.07) is 0.500. The van der Waals surface area contributed by atoms with Crippen molar-refractivity contribution in [2.24, 2.45) is 5.92 Å². The van der Waals surface area contributed by atoms with Gasteiger partial charge in [0.1, 0.15) is 0 Å². The van der Waals surface area contributed by atoms with Crippen LogP contribution in [0.4, 0.5) is 0 Å². The third-order valence-electron chi connectivity index (χ3n) is 4.85. The second kappa shape index (κ2) is 9.42. The second-order valence-corrected chi connectivity index (χ2v) is 6.52. The Morgan fingerprint density at radius 2 is 1.90 bits per heavy atom. The van der Waals surface area contributed by atoms with Crippen molar-refractivity contribution in [3.63, 3.8) is 0 Å². The van der Waals surface area contributed by atoms with Crippen LogP contribution in [0.2, 0.25) is 0 Å². The summed E-state index contributed by atoms with van der Waals surface area (Å²) >= 11 is 0. The summed E-state index contributed by atoms with van der Waals surface area (Å²) in [6.45, 7) is 7.12. The van der Waals surface area contributed by atoms with Gasteiger partial charge in [-0.2, -0.15) is 0 Å². The largest absolute Gasteiger partial charge is 0.466 e. The first kappa shape index (κ1) is 16.8. The van der Waals surface area contributed by atoms with Gasteiger partial charge < -0.3 is 15.0 Å². The first-order valence-electron chi connectivity index (χ1n) is 8.92. The van der Waals surface area contributed by atoms with E-state index >= 15 is 0 Å². The quantitative estimate of drug-likeness (QED) is 0.765. The fraction of sp³-hybridized carbons (Fsp3) is 0.941. The molecule has 2 aliphatic rings. The third kappa shape index (κ3) is 5.95. The average molecular weight is 296 g/mol. The van der Waals surface area contributed by atoms with Gasteiger partial charge >= 0.3 is 5.97 Å². The molecule has 1 saturated heterocycles. The lowest BCUT2D eigenvalue weighted by Crippen LogP contribution is -2.41. The Morgan fingerprint density at radius 1 is 1.14 bits per heavy atom. The summed E-state index contributed by atoms with van der Waals surface area (Å²) < 4.78 is 5.17. The highest BCUT2D eigenvalue weighted by Crippen LogP contribution is 2.25. The van der Waals surface area contributed by atoms with E-state index in [1.807, 2.05) is 6.92 Å². The molecule has 4 nitrogen and oxygen atoms in total. The van der Waals surface area contributed by atoms with Crippen LogP contribution in [0, 0.1) is 5.92 Å². The first-order chi connectivity index (χ1) is 10.3. The highest BCUT2D eigenvalue weighted by Gasteiger charge is 2.27. The van der Waals surface area contributed by atoms with Crippen LogP contribution < -0.4 is 5.32 Å². The fourth-order valence-corrected chi connectivity index (χ4v) is 3.64. The number of ether oxygens (including phenoxy) is 1. The fourth-order valence-electron chi connectivity index (χ4n) is 3.64. The van der Waals surface area contributed by atoms with Crippen LogP contribution in [0.1, 0.15) is 58.3 Å². The highest BCUT2D eigenvalue weighted by molar-refractivity contribution is 5.72. The van der Waals surface area contributed by atoms with E-state index in [0.717, 1.165) is 32.4 Å². The molecule has 0 aromatic carbocycles. The Hall–Kier alpha value is -0.610. The van der Waals surface area contributed by atoms with Gasteiger partial charge in [-0.15, -0.1) is 0 Å². The lowest BCUT2D eigenvalue weighted by Gasteiger charge is -2.29. The Bertz CT molecular complexity index is 301. The van der Waals surface area contributed by atoms with Gasteiger partial charge in [0.15, 0.2) is 0 Å². The van der Waals surface area contributed by atoms with Gasteiger partial charge in [-0.25, -0.2) is 0 Å². The van der Waals surface area contributed by atoms with E-state index in [0.29, 0.717) is 12.6 Å².